The zero-order valence-corrected chi connectivity index (χ0v) is 15.9. The summed E-state index contributed by atoms with van der Waals surface area (Å²) < 4.78 is 4.58. The van der Waals surface area contributed by atoms with Gasteiger partial charge in [-0.1, -0.05) is 6.07 Å². The second-order valence-corrected chi connectivity index (χ2v) is 5.87. The fourth-order valence-electron chi connectivity index (χ4n) is 1.92. The molecule has 0 saturated heterocycles. The third kappa shape index (κ3) is 10.6. The molecule has 0 heterocycles. The molecule has 0 aliphatic heterocycles. The van der Waals surface area contributed by atoms with E-state index in [2.05, 4.69) is 21.1 Å². The fraction of sp³-hybridized carbons (Fsp3) is 0.400. The molecule has 1 amide bonds. The number of phenols is 1. The lowest BCUT2D eigenvalue weighted by atomic mass is 10.1. The van der Waals surface area contributed by atoms with Crippen molar-refractivity contribution in [1.82, 2.24) is 10.9 Å². The number of hydrazine groups is 1. The first-order valence-electron chi connectivity index (χ1n) is 7.93. The van der Waals surface area contributed by atoms with Crippen LogP contribution in [0.4, 0.5) is 0 Å². The number of aliphatic carboxylic acids is 2. The molecule has 0 radical (unpaired) electrons. The highest BCUT2D eigenvalue weighted by Crippen LogP contribution is 2.36. The van der Waals surface area contributed by atoms with Crippen LogP contribution in [0.3, 0.4) is 0 Å². The highest BCUT2D eigenvalue weighted by molar-refractivity contribution is 7.39. The molecule has 1 rings (SSSR count). The number of carboxylic acids is 2. The van der Waals surface area contributed by atoms with Crippen LogP contribution in [-0.4, -0.2) is 56.0 Å². The minimum atomic E-state index is -2.70. The van der Waals surface area contributed by atoms with E-state index in [0.717, 1.165) is 0 Å². The molecule has 0 spiro atoms. The number of benzene rings is 1. The van der Waals surface area contributed by atoms with Gasteiger partial charge in [-0.05, 0) is 31.2 Å². The van der Waals surface area contributed by atoms with Gasteiger partial charge in [0.1, 0.15) is 6.04 Å². The Balaban J connectivity index is 0.00000352. The van der Waals surface area contributed by atoms with Gasteiger partial charge in [0, 0.05) is 19.3 Å². The van der Waals surface area contributed by atoms with Crippen molar-refractivity contribution in [2.75, 3.05) is 7.05 Å². The van der Waals surface area contributed by atoms with E-state index in [0.29, 0.717) is 5.56 Å². The van der Waals surface area contributed by atoms with Gasteiger partial charge >= 0.3 is 20.5 Å². The second-order valence-electron chi connectivity index (χ2n) is 5.18. The molecule has 0 saturated carbocycles. The fourth-order valence-corrected chi connectivity index (χ4v) is 2.25. The highest BCUT2D eigenvalue weighted by Gasteiger charge is 2.19. The van der Waals surface area contributed by atoms with Crippen LogP contribution in [0.1, 0.15) is 24.8 Å². The SMILES string of the molecule is CN.O=C(O)CCCC(=O)NNC(Cc1ccc(OP(O)O)c(O)c1)C(=O)O. The van der Waals surface area contributed by atoms with Gasteiger partial charge < -0.3 is 35.4 Å². The lowest BCUT2D eigenvalue weighted by molar-refractivity contribution is -0.140. The summed E-state index contributed by atoms with van der Waals surface area (Å²) in [5.74, 6) is -3.42. The summed E-state index contributed by atoms with van der Waals surface area (Å²) in [4.78, 5) is 50.7. The molecular formula is C15H24N3O9P. The summed E-state index contributed by atoms with van der Waals surface area (Å²) in [6.45, 7) is 0. The normalized spacial score (nSPS) is 11.2. The van der Waals surface area contributed by atoms with Crippen LogP contribution < -0.4 is 21.1 Å². The summed E-state index contributed by atoms with van der Waals surface area (Å²) in [6, 6.07) is 2.65. The van der Waals surface area contributed by atoms with Crippen molar-refractivity contribution in [3.05, 3.63) is 23.8 Å². The Kier molecular flexibility index (Phi) is 12.4. The molecule has 1 atom stereocenters. The number of hydrogen-bond donors (Lipinski definition) is 8. The highest BCUT2D eigenvalue weighted by atomic mass is 31.2. The summed E-state index contributed by atoms with van der Waals surface area (Å²) in [5, 5.41) is 27.4. The van der Waals surface area contributed by atoms with Crippen molar-refractivity contribution < 1.29 is 44.0 Å². The third-order valence-electron chi connectivity index (χ3n) is 3.12. The van der Waals surface area contributed by atoms with Crippen LogP contribution in [0.2, 0.25) is 0 Å². The van der Waals surface area contributed by atoms with Crippen LogP contribution in [0.5, 0.6) is 11.5 Å². The lowest BCUT2D eigenvalue weighted by Gasteiger charge is -2.16. The number of rotatable bonds is 11. The van der Waals surface area contributed by atoms with Gasteiger partial charge in [-0.3, -0.25) is 19.8 Å². The van der Waals surface area contributed by atoms with E-state index in [9.17, 15) is 24.6 Å². The number of aromatic hydroxyl groups is 1. The molecule has 13 heteroatoms. The Hall–Kier alpha value is -2.50. The summed E-state index contributed by atoms with van der Waals surface area (Å²) in [5.41, 5.74) is 9.42. The van der Waals surface area contributed by atoms with Crippen molar-refractivity contribution in [3.8, 4) is 11.5 Å². The quantitative estimate of drug-likeness (QED) is 0.167. The summed E-state index contributed by atoms with van der Waals surface area (Å²) in [6.07, 6.45) is -0.239. The number of nitrogens with two attached hydrogens (primary N) is 1. The van der Waals surface area contributed by atoms with E-state index in [4.69, 9.17) is 14.9 Å². The van der Waals surface area contributed by atoms with Gasteiger partial charge in [0.15, 0.2) is 11.5 Å². The van der Waals surface area contributed by atoms with Crippen LogP contribution in [0.15, 0.2) is 18.2 Å². The predicted octanol–water partition coefficient (Wildman–Crippen LogP) is -0.571. The minimum absolute atomic E-state index is 0.0796. The molecule has 9 N–H and O–H groups in total. The van der Waals surface area contributed by atoms with E-state index < -0.39 is 38.2 Å². The van der Waals surface area contributed by atoms with Gasteiger partial charge in [0.2, 0.25) is 5.91 Å². The largest absolute Gasteiger partial charge is 0.504 e. The number of phenolic OH excluding ortho intramolecular Hbond substituents is 1. The summed E-state index contributed by atoms with van der Waals surface area (Å²) >= 11 is 0. The first kappa shape index (κ1) is 25.5. The molecule has 0 aliphatic carbocycles. The molecule has 0 aliphatic rings. The van der Waals surface area contributed by atoms with Crippen molar-refractivity contribution in [2.45, 2.75) is 31.7 Å². The molecule has 158 valence electrons. The van der Waals surface area contributed by atoms with E-state index in [1.807, 2.05) is 0 Å². The lowest BCUT2D eigenvalue weighted by Crippen LogP contribution is -2.49. The first-order valence-corrected chi connectivity index (χ1v) is 9.10. The van der Waals surface area contributed by atoms with Gasteiger partial charge in [0.05, 0.1) is 0 Å². The average Bonchev–Trinajstić information content (AvgIpc) is 2.61. The number of hydrogen-bond acceptors (Lipinski definition) is 9. The number of nitrogens with one attached hydrogen (secondary N) is 2. The maximum atomic E-state index is 11.5. The maximum Gasteiger partial charge on any atom is 0.391 e. The predicted molar refractivity (Wildman–Crippen MR) is 98.1 cm³/mol. The van der Waals surface area contributed by atoms with Crippen molar-refractivity contribution in [2.24, 2.45) is 5.73 Å². The van der Waals surface area contributed by atoms with Crippen molar-refractivity contribution in [1.29, 1.82) is 0 Å². The first-order chi connectivity index (χ1) is 13.2. The molecular weight excluding hydrogens is 397 g/mol. The molecule has 28 heavy (non-hydrogen) atoms. The molecule has 0 aromatic heterocycles. The second kappa shape index (κ2) is 13.6. The van der Waals surface area contributed by atoms with E-state index >= 15 is 0 Å². The molecule has 1 aromatic rings. The van der Waals surface area contributed by atoms with Crippen LogP contribution >= 0.6 is 8.60 Å². The van der Waals surface area contributed by atoms with Crippen LogP contribution in [-0.2, 0) is 20.8 Å². The molecule has 1 aromatic carbocycles. The number of carboxylic acid groups (broad SMARTS) is 2. The number of carbonyl (C=O) groups is 3. The number of carbonyl (C=O) groups excluding carboxylic acids is 1. The molecule has 0 bridgehead atoms. The zero-order chi connectivity index (χ0) is 21.7. The van der Waals surface area contributed by atoms with E-state index in [1.165, 1.54) is 25.2 Å². The van der Waals surface area contributed by atoms with Gasteiger partial charge in [-0.2, -0.15) is 0 Å². The van der Waals surface area contributed by atoms with E-state index in [-0.39, 0.29) is 31.4 Å². The Morgan fingerprint density at radius 3 is 2.32 bits per heavy atom. The Morgan fingerprint density at radius 1 is 1.18 bits per heavy atom. The van der Waals surface area contributed by atoms with Crippen molar-refractivity contribution >= 4 is 26.4 Å². The van der Waals surface area contributed by atoms with Crippen LogP contribution in [0, 0.1) is 0 Å². The maximum absolute atomic E-state index is 11.5. The standard InChI is InChI=1S/C14H19N2O9P.CH5N/c17-10-7-8(4-5-11(10)25-26(23)24)6-9(14(21)22)15-16-12(18)2-1-3-13(19)20;1-2/h4-5,7,9,15,17,23-24H,1-3,6H2,(H,16,18)(H,19,20)(H,21,22);2H2,1H3. The van der Waals surface area contributed by atoms with Crippen molar-refractivity contribution in [3.63, 3.8) is 0 Å². The smallest absolute Gasteiger partial charge is 0.391 e. The number of amides is 1. The zero-order valence-electron chi connectivity index (χ0n) is 15.0. The molecule has 1 unspecified atom stereocenters. The van der Waals surface area contributed by atoms with Crippen LogP contribution in [0.25, 0.3) is 0 Å². The molecule has 0 fully saturated rings. The Bertz CT molecular complexity index is 658. The topological polar surface area (TPSA) is 212 Å². The average molecular weight is 421 g/mol. The minimum Gasteiger partial charge on any atom is -0.504 e. The molecule has 12 nitrogen and oxygen atoms in total. The summed E-state index contributed by atoms with van der Waals surface area (Å²) in [7, 11) is -1.20. The van der Waals surface area contributed by atoms with Gasteiger partial charge in [0.25, 0.3) is 0 Å². The monoisotopic (exact) mass is 421 g/mol. The Morgan fingerprint density at radius 2 is 1.82 bits per heavy atom. The van der Waals surface area contributed by atoms with E-state index in [1.54, 1.807) is 0 Å². The third-order valence-corrected chi connectivity index (χ3v) is 3.48. The Labute approximate surface area is 161 Å². The van der Waals surface area contributed by atoms with Gasteiger partial charge in [-0.15, -0.1) is 0 Å². The van der Waals surface area contributed by atoms with Gasteiger partial charge in [-0.25, -0.2) is 5.43 Å².